The van der Waals surface area contributed by atoms with E-state index in [1.54, 1.807) is 17.6 Å². The zero-order chi connectivity index (χ0) is 23.9. The molecule has 2 N–H and O–H groups in total. The molecular formula is C25H22FN3O5. The third kappa shape index (κ3) is 2.61. The van der Waals surface area contributed by atoms with Gasteiger partial charge in [-0.25, -0.2) is 14.2 Å². The van der Waals surface area contributed by atoms with Crippen LogP contribution in [0, 0.1) is 5.82 Å². The number of pyridine rings is 2. The van der Waals surface area contributed by atoms with Gasteiger partial charge in [0, 0.05) is 29.5 Å². The summed E-state index contributed by atoms with van der Waals surface area (Å²) in [6.07, 6.45) is 2.18. The number of rotatable bonds is 2. The van der Waals surface area contributed by atoms with Gasteiger partial charge in [-0.1, -0.05) is 6.92 Å². The second-order valence-corrected chi connectivity index (χ2v) is 9.16. The van der Waals surface area contributed by atoms with Crippen molar-refractivity contribution in [3.63, 3.8) is 0 Å². The second-order valence-electron chi connectivity index (χ2n) is 9.16. The van der Waals surface area contributed by atoms with Gasteiger partial charge in [-0.05, 0) is 42.9 Å². The highest BCUT2D eigenvalue weighted by Crippen LogP contribution is 2.44. The van der Waals surface area contributed by atoms with Crippen LogP contribution >= 0.6 is 0 Å². The first-order valence-electron chi connectivity index (χ1n) is 11.4. The number of nitrogens with one attached hydrogen (secondary N) is 1. The Hall–Kier alpha value is -3.59. The first-order valence-corrected chi connectivity index (χ1v) is 11.4. The number of esters is 1. The van der Waals surface area contributed by atoms with Gasteiger partial charge < -0.3 is 19.7 Å². The molecule has 4 heterocycles. The van der Waals surface area contributed by atoms with E-state index in [2.05, 4.69) is 5.32 Å². The fourth-order valence-corrected chi connectivity index (χ4v) is 5.67. The van der Waals surface area contributed by atoms with Crippen molar-refractivity contribution in [3.05, 3.63) is 56.1 Å². The number of hydrogen-bond acceptors (Lipinski definition) is 6. The molecule has 0 saturated carbocycles. The Bertz CT molecular complexity index is 1530. The molecule has 0 radical (unpaired) electrons. The number of fused-ring (bicyclic) bond motifs is 5. The van der Waals surface area contributed by atoms with E-state index in [4.69, 9.17) is 9.72 Å². The van der Waals surface area contributed by atoms with Crippen LogP contribution in [-0.2, 0) is 45.9 Å². The minimum Gasteiger partial charge on any atom is -0.458 e. The highest BCUT2D eigenvalue weighted by atomic mass is 19.1. The number of amides is 1. The van der Waals surface area contributed by atoms with Gasteiger partial charge in [0.05, 0.1) is 34.7 Å². The predicted molar refractivity (Wildman–Crippen MR) is 121 cm³/mol. The Morgan fingerprint density at radius 3 is 2.74 bits per heavy atom. The SMILES string of the molecule is CCC1(O)C(=O)OCc2c1cc1n(c2=O)Cc2c-1nc1cc(F)c(NC(C)=O)c3c1c2CCC3. The first kappa shape index (κ1) is 21.0. The second kappa shape index (κ2) is 6.96. The number of aromatic nitrogens is 2. The average Bonchev–Trinajstić information content (AvgIpc) is 3.18. The predicted octanol–water partition coefficient (Wildman–Crippen LogP) is 2.67. The van der Waals surface area contributed by atoms with Crippen LogP contribution < -0.4 is 10.9 Å². The van der Waals surface area contributed by atoms with E-state index < -0.39 is 17.4 Å². The summed E-state index contributed by atoms with van der Waals surface area (Å²) in [5.74, 6) is -1.67. The van der Waals surface area contributed by atoms with E-state index >= 15 is 4.39 Å². The maximum absolute atomic E-state index is 15.0. The molecule has 3 aromatic rings. The van der Waals surface area contributed by atoms with Crippen molar-refractivity contribution in [3.8, 4) is 11.4 Å². The van der Waals surface area contributed by atoms with Crippen LogP contribution in [-0.4, -0.2) is 26.5 Å². The fraction of sp³-hybridized carbons (Fsp3) is 0.360. The van der Waals surface area contributed by atoms with Crippen molar-refractivity contribution in [2.75, 3.05) is 5.32 Å². The molecule has 1 aromatic carbocycles. The molecule has 0 bridgehead atoms. The molecule has 8 nitrogen and oxygen atoms in total. The zero-order valence-corrected chi connectivity index (χ0v) is 18.7. The molecule has 2 aromatic heterocycles. The Morgan fingerprint density at radius 1 is 1.24 bits per heavy atom. The van der Waals surface area contributed by atoms with Crippen LogP contribution in [0.3, 0.4) is 0 Å². The van der Waals surface area contributed by atoms with E-state index in [0.29, 0.717) is 29.9 Å². The normalized spacial score (nSPS) is 19.9. The van der Waals surface area contributed by atoms with Gasteiger partial charge in [-0.15, -0.1) is 0 Å². The van der Waals surface area contributed by atoms with Gasteiger partial charge in [0.2, 0.25) is 5.91 Å². The molecule has 3 aliphatic rings. The summed E-state index contributed by atoms with van der Waals surface area (Å²) in [7, 11) is 0. The Balaban J connectivity index is 1.64. The summed E-state index contributed by atoms with van der Waals surface area (Å²) in [6.45, 7) is 3.10. The van der Waals surface area contributed by atoms with Crippen LogP contribution in [0.2, 0.25) is 0 Å². The topological polar surface area (TPSA) is 111 Å². The molecule has 34 heavy (non-hydrogen) atoms. The molecule has 6 rings (SSSR count). The smallest absolute Gasteiger partial charge is 0.343 e. The third-order valence-corrected chi connectivity index (χ3v) is 7.30. The van der Waals surface area contributed by atoms with E-state index in [1.807, 2.05) is 0 Å². The number of carbonyl (C=O) groups is 2. The van der Waals surface area contributed by atoms with E-state index in [-0.39, 0.29) is 41.3 Å². The lowest BCUT2D eigenvalue weighted by molar-refractivity contribution is -0.172. The van der Waals surface area contributed by atoms with Crippen molar-refractivity contribution < 1.29 is 23.8 Å². The number of carbonyl (C=O) groups excluding carboxylic acids is 2. The lowest BCUT2D eigenvalue weighted by Gasteiger charge is -2.31. The monoisotopic (exact) mass is 463 g/mol. The first-order chi connectivity index (χ1) is 16.2. The van der Waals surface area contributed by atoms with Crippen LogP contribution in [0.1, 0.15) is 54.5 Å². The number of aryl methyl sites for hydroxylation is 2. The van der Waals surface area contributed by atoms with Crippen molar-refractivity contribution in [2.24, 2.45) is 0 Å². The van der Waals surface area contributed by atoms with Gasteiger partial charge in [0.25, 0.3) is 5.56 Å². The van der Waals surface area contributed by atoms with Crippen molar-refractivity contribution >= 4 is 28.5 Å². The number of aliphatic hydroxyl groups is 1. The number of cyclic esters (lactones) is 1. The molecule has 0 fully saturated rings. The number of hydrogen-bond donors (Lipinski definition) is 2. The quantitative estimate of drug-likeness (QED) is 0.442. The average molecular weight is 463 g/mol. The van der Waals surface area contributed by atoms with Gasteiger partial charge in [0.15, 0.2) is 5.60 Å². The van der Waals surface area contributed by atoms with Gasteiger partial charge in [-0.2, -0.15) is 0 Å². The van der Waals surface area contributed by atoms with Crippen LogP contribution in [0.25, 0.3) is 22.3 Å². The van der Waals surface area contributed by atoms with Crippen molar-refractivity contribution in [1.82, 2.24) is 9.55 Å². The summed E-state index contributed by atoms with van der Waals surface area (Å²) in [5, 5.41) is 14.5. The summed E-state index contributed by atoms with van der Waals surface area (Å²) in [6, 6.07) is 2.97. The summed E-state index contributed by atoms with van der Waals surface area (Å²) < 4.78 is 21.7. The number of nitrogens with zero attached hydrogens (tertiary/aromatic N) is 2. The standard InChI is InChI=1S/C25H22FN3O5/c1-3-25(33)16-7-19-22-14(9-29(19)23(31)15(16)10-34-24(25)32)12-5-4-6-13-20(12)18(28-22)8-17(26)21(13)27-11(2)30/h7-8,33H,3-6,9-10H2,1-2H3,(H,27,30). The highest BCUT2D eigenvalue weighted by Gasteiger charge is 2.45. The van der Waals surface area contributed by atoms with Crippen LogP contribution in [0.4, 0.5) is 10.1 Å². The van der Waals surface area contributed by atoms with Gasteiger partial charge in [0.1, 0.15) is 12.4 Å². The van der Waals surface area contributed by atoms with E-state index in [9.17, 15) is 19.5 Å². The van der Waals surface area contributed by atoms with Crippen molar-refractivity contribution in [1.29, 1.82) is 0 Å². The van der Waals surface area contributed by atoms with Crippen LogP contribution in [0.15, 0.2) is 16.9 Å². The maximum atomic E-state index is 15.0. The fourth-order valence-electron chi connectivity index (χ4n) is 5.67. The third-order valence-electron chi connectivity index (χ3n) is 7.30. The van der Waals surface area contributed by atoms with E-state index in [1.165, 1.54) is 13.0 Å². The largest absolute Gasteiger partial charge is 0.458 e. The summed E-state index contributed by atoms with van der Waals surface area (Å²) >= 11 is 0. The molecule has 0 spiro atoms. The molecule has 2 aliphatic heterocycles. The molecule has 9 heteroatoms. The Labute approximate surface area is 193 Å². The number of benzene rings is 1. The lowest BCUT2D eigenvalue weighted by Crippen LogP contribution is -2.44. The molecule has 174 valence electrons. The van der Waals surface area contributed by atoms with Gasteiger partial charge in [-0.3, -0.25) is 9.59 Å². The summed E-state index contributed by atoms with van der Waals surface area (Å²) in [5.41, 5.74) is 2.57. The van der Waals surface area contributed by atoms with Crippen molar-refractivity contribution in [2.45, 2.75) is 58.3 Å². The molecule has 1 unspecified atom stereocenters. The minimum atomic E-state index is -1.90. The zero-order valence-electron chi connectivity index (χ0n) is 18.7. The maximum Gasteiger partial charge on any atom is 0.343 e. The number of anilines is 1. The van der Waals surface area contributed by atoms with Crippen LogP contribution in [0.5, 0.6) is 0 Å². The minimum absolute atomic E-state index is 0.0610. The van der Waals surface area contributed by atoms with Gasteiger partial charge >= 0.3 is 5.97 Å². The number of ether oxygens (including phenoxy) is 1. The molecule has 1 atom stereocenters. The molecular weight excluding hydrogens is 441 g/mol. The number of halogens is 1. The molecule has 1 aliphatic carbocycles. The highest BCUT2D eigenvalue weighted by molar-refractivity contribution is 5.99. The Kier molecular flexibility index (Phi) is 4.29. The molecule has 1 amide bonds. The Morgan fingerprint density at radius 2 is 2.00 bits per heavy atom. The van der Waals surface area contributed by atoms with E-state index in [0.717, 1.165) is 34.9 Å². The summed E-state index contributed by atoms with van der Waals surface area (Å²) in [4.78, 5) is 42.2. The molecule has 0 saturated heterocycles. The lowest BCUT2D eigenvalue weighted by atomic mass is 9.85.